The first kappa shape index (κ1) is 16.8. The Bertz CT molecular complexity index is 1220. The minimum Gasteiger partial charge on any atom is -0.351 e. The van der Waals surface area contributed by atoms with E-state index >= 15 is 0 Å². The number of hydrogen-bond donors (Lipinski definition) is 2. The van der Waals surface area contributed by atoms with Crippen LogP contribution in [-0.2, 0) is 7.05 Å². The smallest absolute Gasteiger partial charge is 0.295 e. The molecule has 2 heterocycles. The Kier molecular flexibility index (Phi) is 3.92. The molecule has 0 fully saturated rings. The summed E-state index contributed by atoms with van der Waals surface area (Å²) in [7, 11) is 1.76. The molecule has 0 aliphatic carbocycles. The Hall–Kier alpha value is -3.61. The van der Waals surface area contributed by atoms with Gasteiger partial charge in [0.15, 0.2) is 0 Å². The zero-order valence-corrected chi connectivity index (χ0v) is 14.8. The van der Waals surface area contributed by atoms with E-state index in [9.17, 15) is 14.0 Å². The highest BCUT2D eigenvalue weighted by Gasteiger charge is 2.19. The summed E-state index contributed by atoms with van der Waals surface area (Å²) in [4.78, 5) is 28.4. The molecule has 27 heavy (non-hydrogen) atoms. The highest BCUT2D eigenvalue weighted by atomic mass is 19.1. The Labute approximate surface area is 153 Å². The van der Waals surface area contributed by atoms with Crippen LogP contribution in [0, 0.1) is 12.7 Å². The zero-order valence-electron chi connectivity index (χ0n) is 14.8. The van der Waals surface area contributed by atoms with E-state index in [1.165, 1.54) is 16.8 Å². The average molecular weight is 364 g/mol. The molecule has 0 spiro atoms. The van der Waals surface area contributed by atoms with Crippen molar-refractivity contribution >= 4 is 22.5 Å². The van der Waals surface area contributed by atoms with Crippen molar-refractivity contribution in [2.24, 2.45) is 7.05 Å². The van der Waals surface area contributed by atoms with Crippen LogP contribution in [0.2, 0.25) is 0 Å². The number of carbonyl (C=O) groups is 1. The van der Waals surface area contributed by atoms with E-state index in [2.05, 4.69) is 10.3 Å². The van der Waals surface area contributed by atoms with Gasteiger partial charge >= 0.3 is 0 Å². The molecule has 0 atom stereocenters. The van der Waals surface area contributed by atoms with Gasteiger partial charge in [0.1, 0.15) is 17.2 Å². The molecule has 2 N–H and O–H groups in total. The molecule has 7 heteroatoms. The quantitative estimate of drug-likeness (QED) is 0.585. The number of nitrogens with zero attached hydrogens (tertiary/aromatic N) is 2. The van der Waals surface area contributed by atoms with Gasteiger partial charge in [-0.1, -0.05) is 18.2 Å². The monoisotopic (exact) mass is 364 g/mol. The number of aromatic nitrogens is 3. The SMILES string of the molecule is Cc1c(NC(=O)c2cc3cc(F)ccc3[nH]2)c(=O)n(-c2ccccc2)n1C. The maximum Gasteiger partial charge on any atom is 0.295 e. The molecule has 4 rings (SSSR count). The summed E-state index contributed by atoms with van der Waals surface area (Å²) in [6, 6.07) is 15.0. The van der Waals surface area contributed by atoms with Crippen LogP contribution in [0.4, 0.5) is 10.1 Å². The van der Waals surface area contributed by atoms with Crippen molar-refractivity contribution in [3.63, 3.8) is 0 Å². The average Bonchev–Trinajstić information content (AvgIpc) is 3.17. The van der Waals surface area contributed by atoms with Crippen LogP contribution in [0.1, 0.15) is 16.2 Å². The van der Waals surface area contributed by atoms with Gasteiger partial charge in [0, 0.05) is 18.0 Å². The standard InChI is InChI=1S/C20H17FN4O2/c1-12-18(20(27)25(24(12)2)15-6-4-3-5-7-15)23-19(26)17-11-13-10-14(21)8-9-16(13)22-17/h3-11,22H,1-2H3,(H,23,26). The topological polar surface area (TPSA) is 71.8 Å². The van der Waals surface area contributed by atoms with Crippen LogP contribution in [0.5, 0.6) is 0 Å². The summed E-state index contributed by atoms with van der Waals surface area (Å²) >= 11 is 0. The minimum atomic E-state index is -0.461. The second-order valence-electron chi connectivity index (χ2n) is 6.31. The van der Waals surface area contributed by atoms with Crippen LogP contribution in [-0.4, -0.2) is 20.3 Å². The fraction of sp³-hybridized carbons (Fsp3) is 0.100. The third kappa shape index (κ3) is 2.83. The molecular weight excluding hydrogens is 347 g/mol. The van der Waals surface area contributed by atoms with Crippen molar-refractivity contribution in [1.29, 1.82) is 0 Å². The molecule has 136 valence electrons. The normalized spacial score (nSPS) is 11.1. The van der Waals surface area contributed by atoms with Gasteiger partial charge in [-0.05, 0) is 43.3 Å². The number of carbonyl (C=O) groups excluding carboxylic acids is 1. The summed E-state index contributed by atoms with van der Waals surface area (Å²) in [6.07, 6.45) is 0. The fourth-order valence-corrected chi connectivity index (χ4v) is 3.12. The van der Waals surface area contributed by atoms with Crippen LogP contribution >= 0.6 is 0 Å². The lowest BCUT2D eigenvalue weighted by molar-refractivity contribution is 0.102. The Morgan fingerprint density at radius 2 is 1.85 bits per heavy atom. The van der Waals surface area contributed by atoms with E-state index in [0.717, 1.165) is 0 Å². The van der Waals surface area contributed by atoms with Crippen molar-refractivity contribution in [2.45, 2.75) is 6.92 Å². The van der Waals surface area contributed by atoms with Crippen molar-refractivity contribution in [1.82, 2.24) is 14.3 Å². The van der Waals surface area contributed by atoms with E-state index in [4.69, 9.17) is 0 Å². The molecule has 2 aromatic heterocycles. The van der Waals surface area contributed by atoms with Gasteiger partial charge in [0.05, 0.1) is 11.4 Å². The Balaban J connectivity index is 1.72. The molecule has 6 nitrogen and oxygen atoms in total. The van der Waals surface area contributed by atoms with Crippen molar-refractivity contribution in [3.8, 4) is 5.69 Å². The van der Waals surface area contributed by atoms with Gasteiger partial charge in [-0.3, -0.25) is 14.3 Å². The fourth-order valence-electron chi connectivity index (χ4n) is 3.12. The molecule has 1 amide bonds. The predicted octanol–water partition coefficient (Wildman–Crippen LogP) is 3.36. The Morgan fingerprint density at radius 3 is 2.59 bits per heavy atom. The van der Waals surface area contributed by atoms with Gasteiger partial charge in [0.2, 0.25) is 0 Å². The van der Waals surface area contributed by atoms with E-state index in [1.807, 2.05) is 30.3 Å². The van der Waals surface area contributed by atoms with Crippen molar-refractivity contribution in [3.05, 3.63) is 82.2 Å². The number of H-pyrrole nitrogens is 1. The first-order valence-corrected chi connectivity index (χ1v) is 8.39. The maximum atomic E-state index is 13.3. The molecule has 4 aromatic rings. The lowest BCUT2D eigenvalue weighted by Crippen LogP contribution is -2.23. The molecule has 2 aromatic carbocycles. The third-order valence-corrected chi connectivity index (χ3v) is 4.62. The maximum absolute atomic E-state index is 13.3. The van der Waals surface area contributed by atoms with Crippen LogP contribution < -0.4 is 10.9 Å². The van der Waals surface area contributed by atoms with Gasteiger partial charge < -0.3 is 10.3 Å². The number of fused-ring (bicyclic) bond motifs is 1. The number of para-hydroxylation sites is 1. The van der Waals surface area contributed by atoms with Gasteiger partial charge in [-0.25, -0.2) is 9.07 Å². The van der Waals surface area contributed by atoms with E-state index in [-0.39, 0.29) is 22.8 Å². The van der Waals surface area contributed by atoms with E-state index < -0.39 is 5.91 Å². The molecule has 0 saturated heterocycles. The predicted molar refractivity (Wildman–Crippen MR) is 102 cm³/mol. The van der Waals surface area contributed by atoms with Crippen LogP contribution in [0.25, 0.3) is 16.6 Å². The van der Waals surface area contributed by atoms with Crippen molar-refractivity contribution < 1.29 is 9.18 Å². The molecule has 0 bridgehead atoms. The van der Waals surface area contributed by atoms with Gasteiger partial charge in [-0.2, -0.15) is 0 Å². The first-order chi connectivity index (χ1) is 13.0. The summed E-state index contributed by atoms with van der Waals surface area (Å²) < 4.78 is 16.5. The van der Waals surface area contributed by atoms with Gasteiger partial charge in [0.25, 0.3) is 11.5 Å². The number of benzene rings is 2. The largest absolute Gasteiger partial charge is 0.351 e. The number of hydrogen-bond acceptors (Lipinski definition) is 2. The van der Waals surface area contributed by atoms with E-state index in [0.29, 0.717) is 22.3 Å². The number of anilines is 1. The van der Waals surface area contributed by atoms with Crippen LogP contribution in [0.15, 0.2) is 59.4 Å². The second kappa shape index (κ2) is 6.28. The number of rotatable bonds is 3. The summed E-state index contributed by atoms with van der Waals surface area (Å²) in [6.45, 7) is 1.76. The van der Waals surface area contributed by atoms with Crippen LogP contribution in [0.3, 0.4) is 0 Å². The van der Waals surface area contributed by atoms with Crippen molar-refractivity contribution in [2.75, 3.05) is 5.32 Å². The van der Waals surface area contributed by atoms with E-state index in [1.54, 1.807) is 30.8 Å². The first-order valence-electron chi connectivity index (χ1n) is 8.39. The zero-order chi connectivity index (χ0) is 19.1. The molecule has 0 radical (unpaired) electrons. The lowest BCUT2D eigenvalue weighted by Gasteiger charge is -2.07. The lowest BCUT2D eigenvalue weighted by atomic mass is 10.2. The number of amides is 1. The summed E-state index contributed by atoms with van der Waals surface area (Å²) in [5, 5.41) is 3.27. The molecule has 0 unspecified atom stereocenters. The Morgan fingerprint density at radius 1 is 1.11 bits per heavy atom. The second-order valence-corrected chi connectivity index (χ2v) is 6.31. The number of halogens is 1. The molecular formula is C20H17FN4O2. The minimum absolute atomic E-state index is 0.205. The molecule has 0 aliphatic heterocycles. The number of aromatic amines is 1. The summed E-state index contributed by atoms with van der Waals surface area (Å²) in [5.41, 5.74) is 2.11. The third-order valence-electron chi connectivity index (χ3n) is 4.62. The van der Waals surface area contributed by atoms with Gasteiger partial charge in [-0.15, -0.1) is 0 Å². The highest BCUT2D eigenvalue weighted by Crippen LogP contribution is 2.19. The molecule has 0 aliphatic rings. The number of nitrogens with one attached hydrogen (secondary N) is 2. The highest BCUT2D eigenvalue weighted by molar-refractivity contribution is 6.06. The summed E-state index contributed by atoms with van der Waals surface area (Å²) in [5.74, 6) is -0.837. The molecule has 0 saturated carbocycles.